The van der Waals surface area contributed by atoms with Crippen LogP contribution in [0.3, 0.4) is 0 Å². The molecule has 1 heterocycles. The summed E-state index contributed by atoms with van der Waals surface area (Å²) in [7, 11) is 0. The van der Waals surface area contributed by atoms with Crippen LogP contribution in [-0.4, -0.2) is 43.3 Å². The lowest BCUT2D eigenvalue weighted by atomic mass is 10.1. The van der Waals surface area contributed by atoms with Gasteiger partial charge in [-0.25, -0.2) is 4.39 Å². The van der Waals surface area contributed by atoms with Gasteiger partial charge in [0.2, 0.25) is 17.6 Å². The molecular formula is C21H19FN2O6. The lowest BCUT2D eigenvalue weighted by Gasteiger charge is -2.20. The summed E-state index contributed by atoms with van der Waals surface area (Å²) in [6.07, 6.45) is 0.0900. The molecule has 0 spiro atoms. The van der Waals surface area contributed by atoms with E-state index < -0.39 is 30.7 Å². The molecule has 0 fully saturated rings. The Kier molecular flexibility index (Phi) is 6.41. The highest BCUT2D eigenvalue weighted by atomic mass is 19.1. The smallest absolute Gasteiger partial charge is 0.326 e. The number of ether oxygens (including phenoxy) is 2. The van der Waals surface area contributed by atoms with Crippen LogP contribution in [0.1, 0.15) is 23.7 Å². The number of amides is 2. The Morgan fingerprint density at radius 1 is 1.20 bits per heavy atom. The van der Waals surface area contributed by atoms with E-state index in [9.17, 15) is 23.6 Å². The van der Waals surface area contributed by atoms with Gasteiger partial charge in [-0.2, -0.15) is 0 Å². The van der Waals surface area contributed by atoms with Crippen molar-refractivity contribution in [2.24, 2.45) is 0 Å². The zero-order chi connectivity index (χ0) is 21.7. The molecule has 3 rings (SSSR count). The number of anilines is 2. The molecule has 0 saturated carbocycles. The van der Waals surface area contributed by atoms with Gasteiger partial charge in [-0.3, -0.25) is 24.1 Å². The number of fused-ring (bicyclic) bond motifs is 1. The Bertz CT molecular complexity index is 1010. The fraction of sp³-hybridized carbons (Fsp3) is 0.238. The second-order valence-corrected chi connectivity index (χ2v) is 6.51. The first-order valence-corrected chi connectivity index (χ1v) is 9.13. The molecular weight excluding hydrogens is 395 g/mol. The third-order valence-corrected chi connectivity index (χ3v) is 4.27. The molecule has 0 aliphatic carbocycles. The Balaban J connectivity index is 1.62. The average Bonchev–Trinajstić information content (AvgIpc) is 2.85. The van der Waals surface area contributed by atoms with Gasteiger partial charge in [-0.05, 0) is 30.3 Å². The minimum atomic E-state index is -0.851. The maximum atomic E-state index is 14.1. The summed E-state index contributed by atoms with van der Waals surface area (Å²) in [5, 5.41) is 2.40. The standard InChI is InChI=1S/C21H19FN2O6/c1-13(25)23-14-6-7-15(16(22)10-14)18(26)12-30-21(28)11-24-17-4-2-3-5-19(17)29-9-8-20(24)27/h2-7,10H,8-9,11-12H2,1H3,(H,23,25). The van der Waals surface area contributed by atoms with Gasteiger partial charge in [0.25, 0.3) is 0 Å². The number of Topliss-reactive ketones (excluding diaryl/α,β-unsaturated/α-hetero) is 1. The molecule has 0 aromatic heterocycles. The number of nitrogens with zero attached hydrogens (tertiary/aromatic N) is 1. The molecule has 0 radical (unpaired) electrons. The molecule has 1 N–H and O–H groups in total. The molecule has 2 aromatic rings. The molecule has 8 nitrogen and oxygen atoms in total. The minimum Gasteiger partial charge on any atom is -0.491 e. The number of hydrogen-bond donors (Lipinski definition) is 1. The van der Waals surface area contributed by atoms with Gasteiger partial charge >= 0.3 is 5.97 Å². The summed E-state index contributed by atoms with van der Waals surface area (Å²) < 4.78 is 24.6. The first-order chi connectivity index (χ1) is 14.3. The summed E-state index contributed by atoms with van der Waals surface area (Å²) in [6, 6.07) is 10.3. The molecule has 0 bridgehead atoms. The van der Waals surface area contributed by atoms with Crippen LogP contribution in [0.4, 0.5) is 15.8 Å². The van der Waals surface area contributed by atoms with E-state index in [1.807, 2.05) is 0 Å². The quantitative estimate of drug-likeness (QED) is 0.575. The number of carbonyl (C=O) groups excluding carboxylic acids is 4. The second kappa shape index (κ2) is 9.17. The number of ketones is 1. The third-order valence-electron chi connectivity index (χ3n) is 4.27. The number of nitrogens with one attached hydrogen (secondary N) is 1. The van der Waals surface area contributed by atoms with Gasteiger partial charge in [0, 0.05) is 12.6 Å². The van der Waals surface area contributed by atoms with Gasteiger partial charge in [0.1, 0.15) is 18.1 Å². The Labute approximate surface area is 171 Å². The minimum absolute atomic E-state index is 0.0900. The summed E-state index contributed by atoms with van der Waals surface area (Å²) in [5.41, 5.74) is 0.360. The molecule has 0 atom stereocenters. The maximum absolute atomic E-state index is 14.1. The lowest BCUT2D eigenvalue weighted by Crippen LogP contribution is -2.36. The van der Waals surface area contributed by atoms with E-state index in [1.165, 1.54) is 24.0 Å². The van der Waals surface area contributed by atoms with Gasteiger partial charge in [0.15, 0.2) is 6.61 Å². The summed E-state index contributed by atoms with van der Waals surface area (Å²) in [5.74, 6) is -2.64. The monoisotopic (exact) mass is 414 g/mol. The van der Waals surface area contributed by atoms with Crippen LogP contribution in [0.2, 0.25) is 0 Å². The molecule has 0 saturated heterocycles. The van der Waals surface area contributed by atoms with Crippen molar-refractivity contribution in [2.45, 2.75) is 13.3 Å². The molecule has 1 aliphatic heterocycles. The Morgan fingerprint density at radius 3 is 2.70 bits per heavy atom. The summed E-state index contributed by atoms with van der Waals surface area (Å²) in [6.45, 7) is 0.371. The normalized spacial score (nSPS) is 13.0. The van der Waals surface area contributed by atoms with Gasteiger partial charge in [-0.15, -0.1) is 0 Å². The zero-order valence-corrected chi connectivity index (χ0v) is 16.1. The van der Waals surface area contributed by atoms with Crippen molar-refractivity contribution >= 4 is 34.9 Å². The van der Waals surface area contributed by atoms with Crippen molar-refractivity contribution < 1.29 is 33.0 Å². The molecule has 1 aliphatic rings. The van der Waals surface area contributed by atoms with Crippen LogP contribution in [0.25, 0.3) is 0 Å². The molecule has 30 heavy (non-hydrogen) atoms. The van der Waals surface area contributed by atoms with Crippen molar-refractivity contribution in [3.63, 3.8) is 0 Å². The highest BCUT2D eigenvalue weighted by Crippen LogP contribution is 2.30. The molecule has 2 amide bonds. The van der Waals surface area contributed by atoms with E-state index in [2.05, 4.69) is 5.32 Å². The predicted octanol–water partition coefficient (Wildman–Crippen LogP) is 2.33. The summed E-state index contributed by atoms with van der Waals surface area (Å²) >= 11 is 0. The van der Waals surface area contributed by atoms with Crippen LogP contribution in [0.15, 0.2) is 42.5 Å². The second-order valence-electron chi connectivity index (χ2n) is 6.51. The van der Waals surface area contributed by atoms with Gasteiger partial charge in [0.05, 0.1) is 24.3 Å². The fourth-order valence-electron chi connectivity index (χ4n) is 2.91. The van der Waals surface area contributed by atoms with Crippen LogP contribution >= 0.6 is 0 Å². The highest BCUT2D eigenvalue weighted by Gasteiger charge is 2.26. The number of esters is 1. The third kappa shape index (κ3) is 4.99. The van der Waals surface area contributed by atoms with E-state index in [-0.39, 0.29) is 36.1 Å². The largest absolute Gasteiger partial charge is 0.491 e. The van der Waals surface area contributed by atoms with Crippen molar-refractivity contribution in [3.05, 3.63) is 53.8 Å². The van der Waals surface area contributed by atoms with E-state index in [0.29, 0.717) is 11.4 Å². The number of carbonyl (C=O) groups is 4. The van der Waals surface area contributed by atoms with Crippen molar-refractivity contribution in [3.8, 4) is 5.75 Å². The number of rotatable bonds is 6. The van der Waals surface area contributed by atoms with Crippen molar-refractivity contribution in [1.82, 2.24) is 0 Å². The topological polar surface area (TPSA) is 102 Å². The highest BCUT2D eigenvalue weighted by molar-refractivity contribution is 6.01. The van der Waals surface area contributed by atoms with Crippen LogP contribution in [0.5, 0.6) is 5.75 Å². The first kappa shape index (κ1) is 21.0. The van der Waals surface area contributed by atoms with E-state index in [1.54, 1.807) is 24.3 Å². The van der Waals surface area contributed by atoms with E-state index >= 15 is 0 Å². The van der Waals surface area contributed by atoms with E-state index in [4.69, 9.17) is 9.47 Å². The first-order valence-electron chi connectivity index (χ1n) is 9.13. The maximum Gasteiger partial charge on any atom is 0.326 e. The molecule has 156 valence electrons. The molecule has 2 aromatic carbocycles. The van der Waals surface area contributed by atoms with Gasteiger partial charge < -0.3 is 14.8 Å². The number of benzene rings is 2. The van der Waals surface area contributed by atoms with Crippen LogP contribution < -0.4 is 15.0 Å². The van der Waals surface area contributed by atoms with Gasteiger partial charge in [-0.1, -0.05) is 12.1 Å². The molecule has 9 heteroatoms. The fourth-order valence-corrected chi connectivity index (χ4v) is 2.91. The van der Waals surface area contributed by atoms with Crippen LogP contribution in [0, 0.1) is 5.82 Å². The Hall–Kier alpha value is -3.75. The Morgan fingerprint density at radius 2 is 1.97 bits per heavy atom. The number of hydrogen-bond acceptors (Lipinski definition) is 6. The van der Waals surface area contributed by atoms with Crippen molar-refractivity contribution in [2.75, 3.05) is 30.0 Å². The van der Waals surface area contributed by atoms with E-state index in [0.717, 1.165) is 6.07 Å². The SMILES string of the molecule is CC(=O)Nc1ccc(C(=O)COC(=O)CN2C(=O)CCOc3ccccc32)c(F)c1. The number of para-hydroxylation sites is 2. The number of halogens is 1. The lowest BCUT2D eigenvalue weighted by molar-refractivity contribution is -0.141. The van der Waals surface area contributed by atoms with Crippen LogP contribution in [-0.2, 0) is 19.1 Å². The average molecular weight is 414 g/mol. The summed E-state index contributed by atoms with van der Waals surface area (Å²) in [4.78, 5) is 49.0. The predicted molar refractivity (Wildman–Crippen MR) is 105 cm³/mol. The molecule has 0 unspecified atom stereocenters. The van der Waals surface area contributed by atoms with Crippen molar-refractivity contribution in [1.29, 1.82) is 0 Å². The zero-order valence-electron chi connectivity index (χ0n) is 16.1.